The first kappa shape index (κ1) is 16.3. The van der Waals surface area contributed by atoms with Crippen molar-refractivity contribution in [2.75, 3.05) is 13.1 Å². The van der Waals surface area contributed by atoms with Crippen molar-refractivity contribution in [1.29, 1.82) is 0 Å². The third-order valence-corrected chi connectivity index (χ3v) is 3.45. The van der Waals surface area contributed by atoms with E-state index in [0.29, 0.717) is 25.9 Å². The zero-order valence-corrected chi connectivity index (χ0v) is 12.0. The van der Waals surface area contributed by atoms with Gasteiger partial charge in [-0.05, 0) is 38.8 Å². The number of carbonyl (C=O) groups is 4. The van der Waals surface area contributed by atoms with Crippen LogP contribution >= 0.6 is 0 Å². The van der Waals surface area contributed by atoms with Gasteiger partial charge in [0.05, 0.1) is 0 Å². The molecule has 2 atom stereocenters. The van der Waals surface area contributed by atoms with E-state index in [-0.39, 0.29) is 0 Å². The summed E-state index contributed by atoms with van der Waals surface area (Å²) in [6.45, 7) is 1.40. The second-order valence-electron chi connectivity index (χ2n) is 5.11. The molecule has 2 heterocycles. The molecule has 2 rings (SSSR count). The van der Waals surface area contributed by atoms with Crippen LogP contribution in [0.25, 0.3) is 0 Å². The van der Waals surface area contributed by atoms with Crippen molar-refractivity contribution in [3.8, 4) is 0 Å². The third kappa shape index (κ3) is 4.74. The first-order chi connectivity index (χ1) is 10.6. The summed E-state index contributed by atoms with van der Waals surface area (Å²) in [4.78, 5) is 45.9. The molecule has 0 aromatic heterocycles. The van der Waals surface area contributed by atoms with Gasteiger partial charge >= 0.3 is 23.9 Å². The molecule has 8 nitrogen and oxygen atoms in total. The Bertz CT molecular complexity index is 446. The maximum Gasteiger partial charge on any atom is 0.338 e. The van der Waals surface area contributed by atoms with Gasteiger partial charge < -0.3 is 20.1 Å². The highest BCUT2D eigenvalue weighted by molar-refractivity contribution is 6.00. The zero-order valence-electron chi connectivity index (χ0n) is 12.0. The lowest BCUT2D eigenvalue weighted by molar-refractivity contribution is -0.160. The normalized spacial score (nSPS) is 24.4. The number of hydrogen-bond acceptors (Lipinski definition) is 8. The SMILES string of the molecule is O=C(/C=C\C(=O)OC(=O)[C@H]1CCCN1)OC(=O)[C@H]1CCCN1. The minimum atomic E-state index is -0.970. The molecule has 0 aromatic carbocycles. The van der Waals surface area contributed by atoms with Crippen LogP contribution in [0.5, 0.6) is 0 Å². The Hall–Kier alpha value is -2.06. The molecule has 22 heavy (non-hydrogen) atoms. The fourth-order valence-electron chi connectivity index (χ4n) is 2.32. The monoisotopic (exact) mass is 310 g/mol. The van der Waals surface area contributed by atoms with Crippen molar-refractivity contribution in [3.05, 3.63) is 12.2 Å². The van der Waals surface area contributed by atoms with E-state index in [1.165, 1.54) is 0 Å². The lowest BCUT2D eigenvalue weighted by atomic mass is 10.2. The van der Waals surface area contributed by atoms with Gasteiger partial charge in [0, 0.05) is 12.2 Å². The summed E-state index contributed by atoms with van der Waals surface area (Å²) in [5, 5.41) is 5.78. The molecule has 0 aliphatic carbocycles. The highest BCUT2D eigenvalue weighted by Crippen LogP contribution is 2.08. The average molecular weight is 310 g/mol. The molecule has 0 bridgehead atoms. The van der Waals surface area contributed by atoms with Gasteiger partial charge in [-0.1, -0.05) is 0 Å². The highest BCUT2D eigenvalue weighted by Gasteiger charge is 2.26. The summed E-state index contributed by atoms with van der Waals surface area (Å²) in [6.07, 6.45) is 4.44. The Labute approximate surface area is 127 Å². The fraction of sp³-hybridized carbons (Fsp3) is 0.571. The van der Waals surface area contributed by atoms with Gasteiger partial charge in [0.25, 0.3) is 0 Å². The molecule has 0 aromatic rings. The van der Waals surface area contributed by atoms with E-state index in [9.17, 15) is 19.2 Å². The smallest absolute Gasteiger partial charge is 0.338 e. The molecular formula is C14H18N2O6. The largest absolute Gasteiger partial charge is 0.389 e. The van der Waals surface area contributed by atoms with E-state index in [4.69, 9.17) is 0 Å². The van der Waals surface area contributed by atoms with Gasteiger partial charge in [-0.15, -0.1) is 0 Å². The number of esters is 4. The summed E-state index contributed by atoms with van der Waals surface area (Å²) in [5.74, 6) is -3.29. The summed E-state index contributed by atoms with van der Waals surface area (Å²) < 4.78 is 9.11. The fourth-order valence-corrected chi connectivity index (χ4v) is 2.32. The maximum atomic E-state index is 11.5. The van der Waals surface area contributed by atoms with Crippen LogP contribution in [0, 0.1) is 0 Å². The Morgan fingerprint density at radius 3 is 1.50 bits per heavy atom. The Morgan fingerprint density at radius 2 is 1.18 bits per heavy atom. The van der Waals surface area contributed by atoms with Gasteiger partial charge in [-0.3, -0.25) is 0 Å². The summed E-state index contributed by atoms with van der Waals surface area (Å²) in [7, 11) is 0. The van der Waals surface area contributed by atoms with Crippen LogP contribution in [0.2, 0.25) is 0 Å². The van der Waals surface area contributed by atoms with E-state index in [2.05, 4.69) is 20.1 Å². The van der Waals surface area contributed by atoms with E-state index in [1.54, 1.807) is 0 Å². The molecular weight excluding hydrogens is 292 g/mol. The Kier molecular flexibility index (Phi) is 5.79. The van der Waals surface area contributed by atoms with Crippen molar-refractivity contribution in [2.45, 2.75) is 37.8 Å². The van der Waals surface area contributed by atoms with Gasteiger partial charge in [-0.25, -0.2) is 19.2 Å². The number of ether oxygens (including phenoxy) is 2. The van der Waals surface area contributed by atoms with Crippen LogP contribution in [-0.4, -0.2) is 49.1 Å². The first-order valence-electron chi connectivity index (χ1n) is 7.22. The van der Waals surface area contributed by atoms with Gasteiger partial charge in [0.15, 0.2) is 0 Å². The molecule has 0 spiro atoms. The van der Waals surface area contributed by atoms with Crippen LogP contribution in [0.15, 0.2) is 12.2 Å². The van der Waals surface area contributed by atoms with Crippen LogP contribution < -0.4 is 10.6 Å². The molecule has 8 heteroatoms. The molecule has 0 amide bonds. The molecule has 2 aliphatic rings. The molecule has 2 N–H and O–H groups in total. The molecule has 0 unspecified atom stereocenters. The average Bonchev–Trinajstić information content (AvgIpc) is 3.17. The van der Waals surface area contributed by atoms with Crippen molar-refractivity contribution in [2.24, 2.45) is 0 Å². The molecule has 2 fully saturated rings. The molecule has 2 aliphatic heterocycles. The number of rotatable bonds is 4. The minimum absolute atomic E-state index is 0.487. The quantitative estimate of drug-likeness (QED) is 0.394. The van der Waals surface area contributed by atoms with E-state index in [0.717, 1.165) is 25.0 Å². The summed E-state index contributed by atoms with van der Waals surface area (Å²) in [5.41, 5.74) is 0. The summed E-state index contributed by atoms with van der Waals surface area (Å²) >= 11 is 0. The molecule has 2 saturated heterocycles. The van der Waals surface area contributed by atoms with Gasteiger partial charge in [-0.2, -0.15) is 0 Å². The molecule has 0 saturated carbocycles. The third-order valence-electron chi connectivity index (χ3n) is 3.45. The zero-order chi connectivity index (χ0) is 15.9. The second-order valence-corrected chi connectivity index (χ2v) is 5.11. The van der Waals surface area contributed by atoms with Crippen molar-refractivity contribution >= 4 is 23.9 Å². The van der Waals surface area contributed by atoms with Crippen molar-refractivity contribution in [3.63, 3.8) is 0 Å². The Balaban J connectivity index is 1.72. The topological polar surface area (TPSA) is 111 Å². The number of nitrogens with one attached hydrogen (secondary N) is 2. The number of carbonyl (C=O) groups excluding carboxylic acids is 4. The van der Waals surface area contributed by atoms with Gasteiger partial charge in [0.2, 0.25) is 0 Å². The lowest BCUT2D eigenvalue weighted by Gasteiger charge is -2.07. The van der Waals surface area contributed by atoms with E-state index in [1.807, 2.05) is 0 Å². The molecule has 0 radical (unpaired) electrons. The Morgan fingerprint density at radius 1 is 0.773 bits per heavy atom. The highest BCUT2D eigenvalue weighted by atomic mass is 16.6. The van der Waals surface area contributed by atoms with Crippen LogP contribution in [-0.2, 0) is 28.7 Å². The second kappa shape index (κ2) is 7.81. The van der Waals surface area contributed by atoms with E-state index < -0.39 is 36.0 Å². The first-order valence-corrected chi connectivity index (χ1v) is 7.22. The summed E-state index contributed by atoms with van der Waals surface area (Å²) in [6, 6.07) is -0.973. The lowest BCUT2D eigenvalue weighted by Crippen LogP contribution is -2.34. The minimum Gasteiger partial charge on any atom is -0.389 e. The van der Waals surface area contributed by atoms with E-state index >= 15 is 0 Å². The predicted octanol–water partition coefficient (Wildman–Crippen LogP) is -0.814. The van der Waals surface area contributed by atoms with Crippen LogP contribution in [0.4, 0.5) is 0 Å². The van der Waals surface area contributed by atoms with Crippen LogP contribution in [0.1, 0.15) is 25.7 Å². The van der Waals surface area contributed by atoms with Crippen molar-refractivity contribution in [1.82, 2.24) is 10.6 Å². The maximum absolute atomic E-state index is 11.5. The molecule has 120 valence electrons. The van der Waals surface area contributed by atoms with Crippen molar-refractivity contribution < 1.29 is 28.7 Å². The van der Waals surface area contributed by atoms with Crippen LogP contribution in [0.3, 0.4) is 0 Å². The van der Waals surface area contributed by atoms with Gasteiger partial charge in [0.1, 0.15) is 12.1 Å². The predicted molar refractivity (Wildman–Crippen MR) is 73.4 cm³/mol. The standard InChI is InChI=1S/C14H18N2O6/c17-11(21-13(19)9-3-1-7-15-9)5-6-12(18)22-14(20)10-4-2-8-16-10/h5-6,9-10,15-16H,1-4,7-8H2/b6-5-/t9-,10-/m1/s1. The number of hydrogen-bond donors (Lipinski definition) is 2.